The third-order valence-corrected chi connectivity index (χ3v) is 4.41. The minimum atomic E-state index is -0.251. The summed E-state index contributed by atoms with van der Waals surface area (Å²) in [6, 6.07) is 15.0. The Morgan fingerprint density at radius 3 is 2.60 bits per heavy atom. The van der Waals surface area contributed by atoms with Gasteiger partial charge >= 0.3 is 6.03 Å². The van der Waals surface area contributed by atoms with Crippen LogP contribution in [0.15, 0.2) is 48.5 Å². The number of benzene rings is 2. The number of rotatable bonds is 4. The molecule has 0 spiro atoms. The highest BCUT2D eigenvalue weighted by molar-refractivity contribution is 5.95. The van der Waals surface area contributed by atoms with Crippen LogP contribution in [0.4, 0.5) is 16.2 Å². The fraction of sp³-hybridized carbons (Fsp3) is 0.300. The van der Waals surface area contributed by atoms with Crippen molar-refractivity contribution in [1.82, 2.24) is 5.32 Å². The van der Waals surface area contributed by atoms with E-state index in [1.54, 1.807) is 0 Å². The van der Waals surface area contributed by atoms with Crippen LogP contribution >= 0.6 is 0 Å². The van der Waals surface area contributed by atoms with E-state index >= 15 is 0 Å². The number of nitrogens with one attached hydrogen (secondary N) is 2. The lowest BCUT2D eigenvalue weighted by molar-refractivity contribution is -0.117. The molecule has 3 amide bonds. The maximum atomic E-state index is 12.2. The van der Waals surface area contributed by atoms with E-state index in [4.69, 9.17) is 0 Å². The number of carbonyl (C=O) groups is 2. The van der Waals surface area contributed by atoms with Crippen LogP contribution in [-0.2, 0) is 4.79 Å². The molecule has 3 rings (SSSR count). The summed E-state index contributed by atoms with van der Waals surface area (Å²) >= 11 is 0. The molecule has 0 aromatic heterocycles. The lowest BCUT2D eigenvalue weighted by Gasteiger charge is -2.19. The zero-order valence-electron chi connectivity index (χ0n) is 14.6. The zero-order chi connectivity index (χ0) is 17.8. The van der Waals surface area contributed by atoms with Gasteiger partial charge < -0.3 is 15.5 Å². The molecule has 1 atom stereocenters. The first-order chi connectivity index (χ1) is 12.0. The van der Waals surface area contributed by atoms with Gasteiger partial charge in [0.25, 0.3) is 0 Å². The van der Waals surface area contributed by atoms with Gasteiger partial charge in [-0.1, -0.05) is 29.8 Å². The summed E-state index contributed by atoms with van der Waals surface area (Å²) in [6.07, 6.45) is 1.51. The molecule has 1 aliphatic heterocycles. The topological polar surface area (TPSA) is 61.4 Å². The van der Waals surface area contributed by atoms with Crippen LogP contribution in [0.1, 0.15) is 36.9 Å². The second kappa shape index (κ2) is 7.38. The first kappa shape index (κ1) is 17.0. The van der Waals surface area contributed by atoms with Crippen LogP contribution in [0, 0.1) is 6.92 Å². The maximum absolute atomic E-state index is 12.2. The number of amides is 3. The van der Waals surface area contributed by atoms with Crippen molar-refractivity contribution in [2.24, 2.45) is 0 Å². The van der Waals surface area contributed by atoms with E-state index in [0.717, 1.165) is 35.5 Å². The van der Waals surface area contributed by atoms with Gasteiger partial charge in [-0.3, -0.25) is 4.79 Å². The van der Waals surface area contributed by atoms with Crippen molar-refractivity contribution in [3.8, 4) is 0 Å². The highest BCUT2D eigenvalue weighted by Crippen LogP contribution is 2.24. The number of urea groups is 1. The summed E-state index contributed by atoms with van der Waals surface area (Å²) in [6.45, 7) is 4.70. The fourth-order valence-electron chi connectivity index (χ4n) is 2.97. The minimum Gasteiger partial charge on any atom is -0.331 e. The number of aryl methyl sites for hydroxylation is 1. The largest absolute Gasteiger partial charge is 0.331 e. The SMILES string of the molecule is Cc1ccc(NC(=O)N[C@@H](C)c2cccc(N3CCCC3=O)c2)cc1. The quantitative estimate of drug-likeness (QED) is 0.886. The lowest BCUT2D eigenvalue weighted by atomic mass is 10.1. The molecule has 130 valence electrons. The van der Waals surface area contributed by atoms with E-state index in [-0.39, 0.29) is 18.0 Å². The van der Waals surface area contributed by atoms with Crippen molar-refractivity contribution >= 4 is 23.3 Å². The van der Waals surface area contributed by atoms with Gasteiger partial charge in [-0.25, -0.2) is 4.79 Å². The molecule has 5 heteroatoms. The van der Waals surface area contributed by atoms with Crippen molar-refractivity contribution in [3.05, 3.63) is 59.7 Å². The van der Waals surface area contributed by atoms with Crippen molar-refractivity contribution in [3.63, 3.8) is 0 Å². The average molecular weight is 337 g/mol. The van der Waals surface area contributed by atoms with Crippen LogP contribution in [0.2, 0.25) is 0 Å². The molecule has 1 saturated heterocycles. The third-order valence-electron chi connectivity index (χ3n) is 4.41. The van der Waals surface area contributed by atoms with Gasteiger partial charge in [-0.15, -0.1) is 0 Å². The molecule has 0 aliphatic carbocycles. The van der Waals surface area contributed by atoms with Gasteiger partial charge in [0.05, 0.1) is 6.04 Å². The average Bonchev–Trinajstić information content (AvgIpc) is 3.03. The Morgan fingerprint density at radius 2 is 1.92 bits per heavy atom. The number of hydrogen-bond acceptors (Lipinski definition) is 2. The summed E-state index contributed by atoms with van der Waals surface area (Å²) in [7, 11) is 0. The molecule has 2 N–H and O–H groups in total. The molecule has 2 aromatic carbocycles. The smallest absolute Gasteiger partial charge is 0.319 e. The van der Waals surface area contributed by atoms with E-state index in [2.05, 4.69) is 10.6 Å². The first-order valence-corrected chi connectivity index (χ1v) is 8.57. The monoisotopic (exact) mass is 337 g/mol. The summed E-state index contributed by atoms with van der Waals surface area (Å²) in [5, 5.41) is 5.77. The number of hydrogen-bond donors (Lipinski definition) is 2. The molecule has 0 unspecified atom stereocenters. The second-order valence-electron chi connectivity index (χ2n) is 6.43. The highest BCUT2D eigenvalue weighted by atomic mass is 16.2. The molecule has 1 heterocycles. The predicted octanol–water partition coefficient (Wildman–Crippen LogP) is 4.00. The first-order valence-electron chi connectivity index (χ1n) is 8.57. The molecule has 25 heavy (non-hydrogen) atoms. The van der Waals surface area contributed by atoms with Crippen molar-refractivity contribution in [2.75, 3.05) is 16.8 Å². The van der Waals surface area contributed by atoms with Gasteiger partial charge in [0.15, 0.2) is 0 Å². The van der Waals surface area contributed by atoms with Gasteiger partial charge in [-0.2, -0.15) is 0 Å². The molecule has 0 saturated carbocycles. The Hall–Kier alpha value is -2.82. The Balaban J connectivity index is 1.64. The summed E-state index contributed by atoms with van der Waals surface area (Å²) in [4.78, 5) is 25.9. The second-order valence-corrected chi connectivity index (χ2v) is 6.43. The maximum Gasteiger partial charge on any atom is 0.319 e. The Morgan fingerprint density at radius 1 is 1.16 bits per heavy atom. The number of anilines is 2. The molecule has 0 radical (unpaired) electrons. The van der Waals surface area contributed by atoms with Crippen LogP contribution in [0.5, 0.6) is 0 Å². The molecular formula is C20H23N3O2. The van der Waals surface area contributed by atoms with E-state index < -0.39 is 0 Å². The van der Waals surface area contributed by atoms with Crippen LogP contribution < -0.4 is 15.5 Å². The van der Waals surface area contributed by atoms with E-state index in [1.165, 1.54) is 0 Å². The molecular weight excluding hydrogens is 314 g/mol. The fourth-order valence-corrected chi connectivity index (χ4v) is 2.97. The van der Waals surface area contributed by atoms with Crippen LogP contribution in [-0.4, -0.2) is 18.5 Å². The van der Waals surface area contributed by atoms with Crippen LogP contribution in [0.3, 0.4) is 0 Å². The summed E-state index contributed by atoms with van der Waals surface area (Å²) in [5.41, 5.74) is 3.77. The standard InChI is InChI=1S/C20H23N3O2/c1-14-8-10-17(11-9-14)22-20(25)21-15(2)16-5-3-6-18(13-16)23-12-4-7-19(23)24/h3,5-6,8-11,13,15H,4,7,12H2,1-2H3,(H2,21,22,25)/t15-/m0/s1. The third kappa shape index (κ3) is 4.18. The van der Waals surface area contributed by atoms with E-state index in [1.807, 2.05) is 67.3 Å². The minimum absolute atomic E-state index is 0.162. The summed E-state index contributed by atoms with van der Waals surface area (Å²) < 4.78 is 0. The van der Waals surface area contributed by atoms with Gasteiger partial charge in [0.1, 0.15) is 0 Å². The van der Waals surface area contributed by atoms with E-state index in [0.29, 0.717) is 6.42 Å². The summed E-state index contributed by atoms with van der Waals surface area (Å²) in [5.74, 6) is 0.162. The normalized spacial score (nSPS) is 15.1. The number of nitrogens with zero attached hydrogens (tertiary/aromatic N) is 1. The van der Waals surface area contributed by atoms with Gasteiger partial charge in [0.2, 0.25) is 5.91 Å². The highest BCUT2D eigenvalue weighted by Gasteiger charge is 2.22. The predicted molar refractivity (Wildman–Crippen MR) is 99.8 cm³/mol. The zero-order valence-corrected chi connectivity index (χ0v) is 14.6. The van der Waals surface area contributed by atoms with Gasteiger partial charge in [-0.05, 0) is 50.1 Å². The lowest BCUT2D eigenvalue weighted by Crippen LogP contribution is -2.31. The number of carbonyl (C=O) groups excluding carboxylic acids is 2. The Labute approximate surface area is 148 Å². The van der Waals surface area contributed by atoms with Crippen LogP contribution in [0.25, 0.3) is 0 Å². The molecule has 1 aliphatic rings. The molecule has 2 aromatic rings. The van der Waals surface area contributed by atoms with Crippen molar-refractivity contribution < 1.29 is 9.59 Å². The Kier molecular flexibility index (Phi) is 5.03. The molecule has 5 nitrogen and oxygen atoms in total. The van der Waals surface area contributed by atoms with Crippen molar-refractivity contribution in [2.45, 2.75) is 32.7 Å². The molecule has 1 fully saturated rings. The molecule has 0 bridgehead atoms. The van der Waals surface area contributed by atoms with Gasteiger partial charge in [0, 0.05) is 24.3 Å². The Bertz CT molecular complexity index is 771. The van der Waals surface area contributed by atoms with E-state index in [9.17, 15) is 9.59 Å². The van der Waals surface area contributed by atoms with Crippen molar-refractivity contribution in [1.29, 1.82) is 0 Å².